The Kier molecular flexibility index (Phi) is 5.56. The van der Waals surface area contributed by atoms with Crippen molar-refractivity contribution >= 4 is 34.4 Å². The maximum absolute atomic E-state index is 12.2. The van der Waals surface area contributed by atoms with Crippen LogP contribution in [0.3, 0.4) is 0 Å². The second-order valence-electron chi connectivity index (χ2n) is 6.44. The third-order valence-electron chi connectivity index (χ3n) is 4.36. The van der Waals surface area contributed by atoms with Crippen molar-refractivity contribution in [2.24, 2.45) is 4.99 Å². The molecule has 128 valence electrons. The fourth-order valence-corrected chi connectivity index (χ4v) is 4.03. The number of hydrogen-bond acceptors (Lipinski definition) is 4. The highest BCUT2D eigenvalue weighted by Gasteiger charge is 2.32. The summed E-state index contributed by atoms with van der Waals surface area (Å²) in [5.41, 5.74) is 1.90. The fraction of sp³-hybridized carbons (Fsp3) is 0.500. The van der Waals surface area contributed by atoms with Gasteiger partial charge < -0.3 is 10.6 Å². The van der Waals surface area contributed by atoms with Gasteiger partial charge in [0.2, 0.25) is 11.8 Å². The number of carbonyl (C=O) groups is 2. The molecule has 1 atom stereocenters. The number of rotatable bonds is 4. The summed E-state index contributed by atoms with van der Waals surface area (Å²) in [5, 5.41) is 5.95. The zero-order valence-corrected chi connectivity index (χ0v) is 14.7. The summed E-state index contributed by atoms with van der Waals surface area (Å²) in [6.07, 6.45) is 6.05. The molecule has 5 nitrogen and oxygen atoms in total. The van der Waals surface area contributed by atoms with Gasteiger partial charge in [-0.15, -0.1) is 0 Å². The lowest BCUT2D eigenvalue weighted by molar-refractivity contribution is -0.122. The first kappa shape index (κ1) is 17.0. The van der Waals surface area contributed by atoms with Gasteiger partial charge in [0.25, 0.3) is 0 Å². The van der Waals surface area contributed by atoms with Crippen LogP contribution in [0, 0.1) is 6.92 Å². The number of anilines is 1. The van der Waals surface area contributed by atoms with Gasteiger partial charge in [-0.1, -0.05) is 48.7 Å². The molecular weight excluding hydrogens is 322 g/mol. The summed E-state index contributed by atoms with van der Waals surface area (Å²) < 4.78 is 0. The minimum absolute atomic E-state index is 0.117. The molecule has 0 unspecified atom stereocenters. The Hall–Kier alpha value is -1.82. The van der Waals surface area contributed by atoms with Crippen molar-refractivity contribution < 1.29 is 9.59 Å². The minimum Gasteiger partial charge on any atom is -0.326 e. The van der Waals surface area contributed by atoms with Crippen molar-refractivity contribution in [3.63, 3.8) is 0 Å². The zero-order chi connectivity index (χ0) is 16.9. The predicted octanol–water partition coefficient (Wildman–Crippen LogP) is 3.24. The van der Waals surface area contributed by atoms with E-state index in [9.17, 15) is 9.59 Å². The van der Waals surface area contributed by atoms with Crippen molar-refractivity contribution in [1.82, 2.24) is 5.32 Å². The summed E-state index contributed by atoms with van der Waals surface area (Å²) in [5.74, 6) is -0.265. The van der Waals surface area contributed by atoms with E-state index in [0.717, 1.165) is 24.1 Å². The lowest BCUT2D eigenvalue weighted by Crippen LogP contribution is -2.28. The lowest BCUT2D eigenvalue weighted by atomic mass is 9.96. The van der Waals surface area contributed by atoms with Gasteiger partial charge in [0, 0.05) is 12.1 Å². The van der Waals surface area contributed by atoms with E-state index in [2.05, 4.69) is 15.6 Å². The third kappa shape index (κ3) is 4.60. The van der Waals surface area contributed by atoms with E-state index in [1.54, 1.807) is 0 Å². The summed E-state index contributed by atoms with van der Waals surface area (Å²) in [6, 6.07) is 7.95. The number of thioether (sulfide) groups is 1. The molecule has 2 fully saturated rings. The van der Waals surface area contributed by atoms with Gasteiger partial charge in [0.05, 0.1) is 6.04 Å². The Bertz CT molecular complexity index is 636. The Morgan fingerprint density at radius 1 is 1.25 bits per heavy atom. The minimum atomic E-state index is -0.391. The Morgan fingerprint density at radius 2 is 1.96 bits per heavy atom. The molecule has 1 aliphatic carbocycles. The van der Waals surface area contributed by atoms with Gasteiger partial charge in [-0.25, -0.2) is 0 Å². The Morgan fingerprint density at radius 3 is 2.67 bits per heavy atom. The number of hydrogen-bond donors (Lipinski definition) is 2. The van der Waals surface area contributed by atoms with Crippen LogP contribution in [0.5, 0.6) is 0 Å². The van der Waals surface area contributed by atoms with Crippen molar-refractivity contribution in [2.45, 2.75) is 56.7 Å². The molecule has 1 saturated heterocycles. The van der Waals surface area contributed by atoms with Gasteiger partial charge in [0.15, 0.2) is 5.17 Å². The molecule has 2 aliphatic rings. The standard InChI is InChI=1S/C18H23N3O2S/c1-12-7-9-14(10-8-12)19-16(22)11-15-17(23)21-18(24-15)20-13-5-3-2-4-6-13/h7-10,13,15H,2-6,11H2,1H3,(H,19,22)(H,20,21,23)/t15-/m0/s1. The quantitative estimate of drug-likeness (QED) is 0.880. The summed E-state index contributed by atoms with van der Waals surface area (Å²) in [7, 11) is 0. The first-order chi connectivity index (χ1) is 11.6. The SMILES string of the molecule is Cc1ccc(NC(=O)C[C@@H]2SC(=NC3CCCCC3)NC2=O)cc1. The number of nitrogens with one attached hydrogen (secondary N) is 2. The number of carbonyl (C=O) groups excluding carboxylic acids is 2. The first-order valence-electron chi connectivity index (χ1n) is 8.52. The summed E-state index contributed by atoms with van der Waals surface area (Å²) in [6.45, 7) is 2.00. The van der Waals surface area contributed by atoms with Gasteiger partial charge in [0.1, 0.15) is 5.25 Å². The number of aliphatic imine (C=N–C) groups is 1. The van der Waals surface area contributed by atoms with Crippen LogP contribution < -0.4 is 10.6 Å². The average molecular weight is 345 g/mol. The van der Waals surface area contributed by atoms with Crippen LogP contribution in [0.4, 0.5) is 5.69 Å². The monoisotopic (exact) mass is 345 g/mol. The topological polar surface area (TPSA) is 70.6 Å². The largest absolute Gasteiger partial charge is 0.326 e. The van der Waals surface area contributed by atoms with Crippen molar-refractivity contribution in [3.05, 3.63) is 29.8 Å². The number of aryl methyl sites for hydroxylation is 1. The van der Waals surface area contributed by atoms with Gasteiger partial charge >= 0.3 is 0 Å². The van der Waals surface area contributed by atoms with Crippen LogP contribution in [0.25, 0.3) is 0 Å². The normalized spacial score (nSPS) is 23.3. The zero-order valence-electron chi connectivity index (χ0n) is 13.9. The molecule has 0 bridgehead atoms. The molecule has 1 aliphatic heterocycles. The third-order valence-corrected chi connectivity index (χ3v) is 5.45. The molecular formula is C18H23N3O2S. The van der Waals surface area contributed by atoms with Crippen LogP contribution >= 0.6 is 11.8 Å². The summed E-state index contributed by atoms with van der Waals surface area (Å²) >= 11 is 1.38. The number of amides is 2. The fourth-order valence-electron chi connectivity index (χ4n) is 2.99. The smallest absolute Gasteiger partial charge is 0.240 e. The van der Waals surface area contributed by atoms with E-state index in [4.69, 9.17) is 0 Å². The Labute approximate surface area is 146 Å². The molecule has 0 radical (unpaired) electrons. The number of amidine groups is 1. The molecule has 24 heavy (non-hydrogen) atoms. The van der Waals surface area contributed by atoms with E-state index < -0.39 is 5.25 Å². The van der Waals surface area contributed by atoms with Crippen LogP contribution in [-0.4, -0.2) is 28.3 Å². The van der Waals surface area contributed by atoms with E-state index in [1.165, 1.54) is 31.0 Å². The van der Waals surface area contributed by atoms with Crippen molar-refractivity contribution in [3.8, 4) is 0 Å². The van der Waals surface area contributed by atoms with Crippen molar-refractivity contribution in [1.29, 1.82) is 0 Å². The van der Waals surface area contributed by atoms with Crippen LogP contribution in [-0.2, 0) is 9.59 Å². The summed E-state index contributed by atoms with van der Waals surface area (Å²) in [4.78, 5) is 28.9. The molecule has 1 aromatic carbocycles. The maximum Gasteiger partial charge on any atom is 0.240 e. The highest BCUT2D eigenvalue weighted by molar-refractivity contribution is 8.15. The van der Waals surface area contributed by atoms with Crippen molar-refractivity contribution in [2.75, 3.05) is 5.32 Å². The predicted molar refractivity (Wildman–Crippen MR) is 98.3 cm³/mol. The lowest BCUT2D eigenvalue weighted by Gasteiger charge is -2.17. The highest BCUT2D eigenvalue weighted by atomic mass is 32.2. The van der Waals surface area contributed by atoms with E-state index in [1.807, 2.05) is 31.2 Å². The molecule has 0 aromatic heterocycles. The van der Waals surface area contributed by atoms with Gasteiger partial charge in [-0.2, -0.15) is 0 Å². The molecule has 1 aromatic rings. The average Bonchev–Trinajstić information content (AvgIpc) is 2.90. The molecule has 2 amide bonds. The van der Waals surface area contributed by atoms with Gasteiger partial charge in [-0.3, -0.25) is 14.6 Å². The van der Waals surface area contributed by atoms with E-state index in [0.29, 0.717) is 11.2 Å². The van der Waals surface area contributed by atoms with Crippen LogP contribution in [0.2, 0.25) is 0 Å². The van der Waals surface area contributed by atoms with Crippen LogP contribution in [0.15, 0.2) is 29.3 Å². The molecule has 6 heteroatoms. The van der Waals surface area contributed by atoms with E-state index >= 15 is 0 Å². The second kappa shape index (κ2) is 7.83. The first-order valence-corrected chi connectivity index (χ1v) is 9.40. The second-order valence-corrected chi connectivity index (χ2v) is 7.63. The maximum atomic E-state index is 12.2. The molecule has 1 heterocycles. The number of nitrogens with zero attached hydrogens (tertiary/aromatic N) is 1. The molecule has 2 N–H and O–H groups in total. The highest BCUT2D eigenvalue weighted by Crippen LogP contribution is 2.26. The molecule has 3 rings (SSSR count). The number of benzene rings is 1. The molecule has 0 spiro atoms. The Balaban J connectivity index is 1.53. The van der Waals surface area contributed by atoms with Gasteiger partial charge in [-0.05, 0) is 31.9 Å². The van der Waals surface area contributed by atoms with Crippen LogP contribution in [0.1, 0.15) is 44.1 Å². The molecule has 1 saturated carbocycles. The van der Waals surface area contributed by atoms with E-state index in [-0.39, 0.29) is 18.2 Å².